The zero-order valence-electron chi connectivity index (χ0n) is 47.8. The Hall–Kier alpha value is -7.36. The number of Topliss-reactive ketones (excluding diaryl/α,β-unsaturated/α-hetero) is 3. The third-order valence-corrected chi connectivity index (χ3v) is 14.9. The van der Waals surface area contributed by atoms with E-state index >= 15 is 0 Å². The van der Waals surface area contributed by atoms with Crippen LogP contribution in [0.15, 0.2) is 60.7 Å². The van der Waals surface area contributed by atoms with E-state index in [1.54, 1.807) is 58.4 Å². The number of ether oxygens (including phenoxy) is 7. The summed E-state index contributed by atoms with van der Waals surface area (Å²) >= 11 is 0. The van der Waals surface area contributed by atoms with Gasteiger partial charge in [0.15, 0.2) is 17.3 Å². The van der Waals surface area contributed by atoms with Crippen LogP contribution >= 0.6 is 0 Å². The van der Waals surface area contributed by atoms with E-state index in [9.17, 15) is 47.9 Å². The third-order valence-electron chi connectivity index (χ3n) is 14.9. The lowest BCUT2D eigenvalue weighted by atomic mass is 9.84. The molecule has 0 spiro atoms. The summed E-state index contributed by atoms with van der Waals surface area (Å²) in [4.78, 5) is 132. The van der Waals surface area contributed by atoms with Crippen LogP contribution in [-0.2, 0) is 63.7 Å². The molecule has 3 aliphatic rings. The van der Waals surface area contributed by atoms with Crippen LogP contribution in [0, 0.1) is 5.41 Å². The Morgan fingerprint density at radius 1 is 0.720 bits per heavy atom. The van der Waals surface area contributed by atoms with Gasteiger partial charge in [-0.1, -0.05) is 45.0 Å². The second kappa shape index (κ2) is 31.7. The monoisotopic (exact) mass is 1140 g/mol. The molecule has 6 rings (SSSR count). The van der Waals surface area contributed by atoms with Crippen molar-refractivity contribution in [2.75, 3.05) is 72.3 Å². The molecular weight excluding hydrogens is 1060 g/mol. The number of fused-ring (bicyclic) bond motifs is 1. The predicted octanol–water partition coefficient (Wildman–Crippen LogP) is 7.03. The minimum atomic E-state index is -1.11. The van der Waals surface area contributed by atoms with Crippen molar-refractivity contribution in [1.82, 2.24) is 15.1 Å². The summed E-state index contributed by atoms with van der Waals surface area (Å²) in [6.45, 7) is 7.58. The number of rotatable bonds is 35. The summed E-state index contributed by atoms with van der Waals surface area (Å²) in [6.07, 6.45) is 5.26. The van der Waals surface area contributed by atoms with Gasteiger partial charge in [0.05, 0.1) is 51.8 Å². The minimum absolute atomic E-state index is 0.00236. The Bertz CT molecular complexity index is 2780. The third kappa shape index (κ3) is 18.1. The molecular formula is C61H78N4O17. The number of likely N-dealkylation sites (tertiary alicyclic amines) is 1. The van der Waals surface area contributed by atoms with Crippen LogP contribution < -0.4 is 24.8 Å². The van der Waals surface area contributed by atoms with E-state index in [1.165, 1.54) is 23.1 Å². The lowest BCUT2D eigenvalue weighted by Crippen LogP contribution is -2.54. The number of carbonyl (C=O) groups excluding carboxylic acids is 10. The molecule has 2 N–H and O–H groups in total. The highest BCUT2D eigenvalue weighted by Gasteiger charge is 2.46. The topological polar surface area (TPSA) is 266 Å². The van der Waals surface area contributed by atoms with Crippen molar-refractivity contribution in [3.8, 4) is 17.2 Å². The second-order valence-electron chi connectivity index (χ2n) is 21.1. The van der Waals surface area contributed by atoms with Crippen molar-refractivity contribution < 1.29 is 81.1 Å². The van der Waals surface area contributed by atoms with E-state index in [1.807, 2.05) is 19.1 Å². The summed E-state index contributed by atoms with van der Waals surface area (Å²) in [5.74, 6) is -3.77. The maximum Gasteiger partial charge on any atom is 0.329 e. The summed E-state index contributed by atoms with van der Waals surface area (Å²) in [5, 5.41) is 5.04. The zero-order valence-corrected chi connectivity index (χ0v) is 47.8. The number of amides is 6. The first-order valence-corrected chi connectivity index (χ1v) is 28.4. The zero-order chi connectivity index (χ0) is 59.2. The average Bonchev–Trinajstić information content (AvgIpc) is 3.97. The molecule has 1 unspecified atom stereocenters. The number of piperidine rings is 2. The van der Waals surface area contributed by atoms with Gasteiger partial charge in [0, 0.05) is 63.0 Å². The molecule has 0 saturated carbocycles. The Morgan fingerprint density at radius 3 is 2.09 bits per heavy atom. The summed E-state index contributed by atoms with van der Waals surface area (Å²) in [5.41, 5.74) is 1.16. The van der Waals surface area contributed by atoms with Crippen molar-refractivity contribution in [2.45, 2.75) is 142 Å². The lowest BCUT2D eigenvalue weighted by molar-refractivity contribution is -0.164. The van der Waals surface area contributed by atoms with Crippen molar-refractivity contribution in [2.24, 2.45) is 5.41 Å². The van der Waals surface area contributed by atoms with Gasteiger partial charge in [0.2, 0.25) is 23.5 Å². The van der Waals surface area contributed by atoms with E-state index in [2.05, 4.69) is 10.6 Å². The minimum Gasteiger partial charge on any atom is -0.493 e. The van der Waals surface area contributed by atoms with Gasteiger partial charge in [-0.25, -0.2) is 4.79 Å². The van der Waals surface area contributed by atoms with E-state index in [4.69, 9.17) is 33.2 Å². The van der Waals surface area contributed by atoms with Crippen molar-refractivity contribution in [3.63, 3.8) is 0 Å². The molecule has 0 aliphatic carbocycles. The number of anilines is 1. The van der Waals surface area contributed by atoms with Crippen LogP contribution in [0.5, 0.6) is 17.2 Å². The van der Waals surface area contributed by atoms with Crippen molar-refractivity contribution in [1.29, 1.82) is 0 Å². The Morgan fingerprint density at radius 2 is 1.40 bits per heavy atom. The molecule has 444 valence electrons. The van der Waals surface area contributed by atoms with E-state index in [-0.39, 0.29) is 79.6 Å². The Kier molecular flexibility index (Phi) is 24.7. The number of methoxy groups -OCH3 is 2. The molecule has 6 amide bonds. The molecule has 3 heterocycles. The number of aryl methyl sites for hydroxylation is 1. The lowest BCUT2D eigenvalue weighted by Gasteiger charge is -2.36. The second-order valence-corrected chi connectivity index (χ2v) is 21.1. The molecule has 3 atom stereocenters. The van der Waals surface area contributed by atoms with Gasteiger partial charge in [0.25, 0.3) is 17.7 Å². The van der Waals surface area contributed by atoms with Crippen LogP contribution in [0.1, 0.15) is 155 Å². The molecule has 3 aromatic carbocycles. The number of esters is 1. The fraction of sp³-hybridized carbons (Fsp3) is 0.541. The molecule has 0 radical (unpaired) electrons. The average molecular weight is 1140 g/mol. The summed E-state index contributed by atoms with van der Waals surface area (Å²) < 4.78 is 39.6. The number of carbonyl (C=O) groups is 10. The smallest absolute Gasteiger partial charge is 0.329 e. The molecule has 2 fully saturated rings. The molecule has 3 aliphatic heterocycles. The normalized spacial score (nSPS) is 16.5. The Balaban J connectivity index is 0.824. The fourth-order valence-electron chi connectivity index (χ4n) is 9.69. The van der Waals surface area contributed by atoms with E-state index in [0.717, 1.165) is 10.5 Å². The Labute approximate surface area is 478 Å². The summed E-state index contributed by atoms with van der Waals surface area (Å²) in [6, 6.07) is 15.0. The maximum absolute atomic E-state index is 14.1. The van der Waals surface area contributed by atoms with Crippen LogP contribution in [0.3, 0.4) is 0 Å². The summed E-state index contributed by atoms with van der Waals surface area (Å²) in [7, 11) is 3.10. The highest BCUT2D eigenvalue weighted by Crippen LogP contribution is 2.35. The maximum atomic E-state index is 14.1. The number of imide groups is 2. The van der Waals surface area contributed by atoms with Crippen LogP contribution in [0.25, 0.3) is 0 Å². The molecule has 0 aromatic heterocycles. The van der Waals surface area contributed by atoms with E-state index in [0.29, 0.717) is 133 Å². The molecule has 21 heteroatoms. The molecule has 3 aromatic rings. The van der Waals surface area contributed by atoms with Gasteiger partial charge in [0.1, 0.15) is 36.3 Å². The van der Waals surface area contributed by atoms with Crippen LogP contribution in [-0.4, -0.2) is 148 Å². The largest absolute Gasteiger partial charge is 0.493 e. The quantitative estimate of drug-likeness (QED) is 0.0259. The predicted molar refractivity (Wildman–Crippen MR) is 298 cm³/mol. The fourth-order valence-corrected chi connectivity index (χ4v) is 9.69. The van der Waals surface area contributed by atoms with Crippen LogP contribution in [0.2, 0.25) is 0 Å². The van der Waals surface area contributed by atoms with Gasteiger partial charge in [-0.05, 0) is 118 Å². The van der Waals surface area contributed by atoms with Gasteiger partial charge in [-0.15, -0.1) is 0 Å². The molecule has 82 heavy (non-hydrogen) atoms. The standard InChI is InChI=1S/C61H78N4O17/c1-6-61(2,3)55(70)59(74)64-30-10-7-20-47(64)60(75)82-48(26-22-40-23-27-49(76-4)51(37-40)77-5)41-15-13-16-42(38-41)62-52(68)28-24-43(66)17-8-11-31-78-33-35-80-36-34-79-32-12-9-18-44(67)39-81-50-21-14-19-45-54(50)58(73)65(57(45)72)46-25-29-53(69)63-56(46)71/h13-16,19,21,23,27,37-38,46-48H,6-12,17-18,20,22,24-26,28-36,39H2,1-5H3,(H,62,68)(H,63,69,71)/t46?,47-,48+/m0/s1. The van der Waals surface area contributed by atoms with Gasteiger partial charge in [-0.3, -0.25) is 53.4 Å². The van der Waals surface area contributed by atoms with E-state index < -0.39 is 64.9 Å². The van der Waals surface area contributed by atoms with Crippen molar-refractivity contribution in [3.05, 3.63) is 82.9 Å². The number of hydrogen-bond donors (Lipinski definition) is 2. The molecule has 21 nitrogen and oxygen atoms in total. The van der Waals surface area contributed by atoms with Crippen molar-refractivity contribution >= 4 is 64.4 Å². The number of nitrogens with zero attached hydrogens (tertiary/aromatic N) is 2. The molecule has 2 saturated heterocycles. The van der Waals surface area contributed by atoms with Gasteiger partial charge >= 0.3 is 5.97 Å². The number of unbranched alkanes of at least 4 members (excludes halogenated alkanes) is 2. The molecule has 0 bridgehead atoms. The number of benzene rings is 3. The first-order valence-electron chi connectivity index (χ1n) is 28.4. The number of hydrogen-bond acceptors (Lipinski definition) is 17. The van der Waals surface area contributed by atoms with Crippen LogP contribution in [0.4, 0.5) is 5.69 Å². The number of ketones is 3. The highest BCUT2D eigenvalue weighted by atomic mass is 16.6. The first-order chi connectivity index (χ1) is 39.5. The van der Waals surface area contributed by atoms with Gasteiger partial charge < -0.3 is 43.4 Å². The van der Waals surface area contributed by atoms with Gasteiger partial charge in [-0.2, -0.15) is 0 Å². The highest BCUT2D eigenvalue weighted by molar-refractivity contribution is 6.38. The number of nitrogens with one attached hydrogen (secondary N) is 2. The SMILES string of the molecule is CCC(C)(C)C(=O)C(=O)N1CCCC[C@H]1C(=O)O[C@H](CCc1ccc(OC)c(OC)c1)c1cccc(NC(=O)CCC(=O)CCCCOCCOCCOCCCCC(=O)COc2cccc3c2C(=O)N(C2CCC(=O)NC2=O)C3=O)c1. The first kappa shape index (κ1) is 63.8.